The highest BCUT2D eigenvalue weighted by Gasteiger charge is 2.47. The van der Waals surface area contributed by atoms with Gasteiger partial charge in [-0.2, -0.15) is 0 Å². The Morgan fingerprint density at radius 3 is 2.29 bits per heavy atom. The second kappa shape index (κ2) is 9.77. The minimum absolute atomic E-state index is 0.0347. The maximum Gasteiger partial charge on any atom is 0.276 e. The summed E-state index contributed by atoms with van der Waals surface area (Å²) in [5.74, 6) is -1.02. The van der Waals surface area contributed by atoms with Crippen LogP contribution in [0, 0.1) is 0 Å². The standard InChI is InChI=1S/C31H26N4O10/c36-11-19-26(39)27(40)28(41)31(45-19)34-18-9-13(38)4-6-16(18)21-23-22(29(42)35(30(23)43)32-10-14-2-1-7-44-14)20-15-5-3-12(37)8-17(15)33-24(20)25(21)34/h1-9,19,26-28,31-33,36-41H,10-11H2/t19-,26-,27+,28-,31-/m1/s1. The Morgan fingerprint density at radius 1 is 0.867 bits per heavy atom. The van der Waals surface area contributed by atoms with Gasteiger partial charge in [-0.3, -0.25) is 9.59 Å². The number of hydrogen-bond acceptors (Lipinski definition) is 11. The summed E-state index contributed by atoms with van der Waals surface area (Å²) in [6.07, 6.45) is -6.28. The number of aliphatic hydroxyl groups excluding tert-OH is 4. The number of aromatic amines is 1. The van der Waals surface area contributed by atoms with E-state index in [0.29, 0.717) is 38.3 Å². The van der Waals surface area contributed by atoms with Gasteiger partial charge in [0.25, 0.3) is 11.8 Å². The summed E-state index contributed by atoms with van der Waals surface area (Å²) < 4.78 is 12.8. The molecule has 5 atom stereocenters. The molecule has 0 unspecified atom stereocenters. The summed E-state index contributed by atoms with van der Waals surface area (Å²) in [6, 6.07) is 12.3. The fraction of sp³-hybridized carbons (Fsp3) is 0.226. The number of phenolic OH excluding ortho intramolecular Hbond substituents is 2. The number of aromatic nitrogens is 2. The normalized spacial score (nSPS) is 23.7. The summed E-state index contributed by atoms with van der Waals surface area (Å²) in [7, 11) is 0. The van der Waals surface area contributed by atoms with E-state index in [1.54, 1.807) is 24.3 Å². The third kappa shape index (κ3) is 3.78. The van der Waals surface area contributed by atoms with Crippen LogP contribution in [0.4, 0.5) is 0 Å². The van der Waals surface area contributed by atoms with Crippen molar-refractivity contribution in [2.45, 2.75) is 37.2 Å². The lowest BCUT2D eigenvalue weighted by Crippen LogP contribution is -2.56. The number of phenols is 2. The van der Waals surface area contributed by atoms with Crippen LogP contribution in [-0.4, -0.2) is 88.0 Å². The summed E-state index contributed by atoms with van der Waals surface area (Å²) in [4.78, 5) is 31.6. The van der Waals surface area contributed by atoms with E-state index in [1.807, 2.05) is 0 Å². The third-order valence-corrected chi connectivity index (χ3v) is 8.70. The highest BCUT2D eigenvalue weighted by molar-refractivity contribution is 6.39. The number of nitrogens with one attached hydrogen (secondary N) is 2. The molecule has 1 saturated heterocycles. The second-order valence-electron chi connectivity index (χ2n) is 11.2. The molecular formula is C31H26N4O10. The number of hydrogen-bond donors (Lipinski definition) is 8. The van der Waals surface area contributed by atoms with Crippen LogP contribution in [0.2, 0.25) is 0 Å². The molecule has 14 nitrogen and oxygen atoms in total. The first-order valence-electron chi connectivity index (χ1n) is 14.1. The number of imide groups is 1. The van der Waals surface area contributed by atoms with Crippen LogP contribution in [0.3, 0.4) is 0 Å². The van der Waals surface area contributed by atoms with Crippen molar-refractivity contribution in [3.05, 3.63) is 71.7 Å². The maximum atomic E-state index is 14.2. The van der Waals surface area contributed by atoms with Crippen LogP contribution >= 0.6 is 0 Å². The molecule has 2 aliphatic heterocycles. The first kappa shape index (κ1) is 27.6. The summed E-state index contributed by atoms with van der Waals surface area (Å²) in [5.41, 5.74) is 4.32. The van der Waals surface area contributed by atoms with Crippen molar-refractivity contribution in [1.29, 1.82) is 0 Å². The number of carbonyl (C=O) groups is 2. The van der Waals surface area contributed by atoms with Gasteiger partial charge in [0.2, 0.25) is 0 Å². The number of nitrogens with zero attached hydrogens (tertiary/aromatic N) is 2. The number of H-pyrrole nitrogens is 1. The number of carbonyl (C=O) groups excluding carboxylic acids is 2. The summed E-state index contributed by atoms with van der Waals surface area (Å²) >= 11 is 0. The predicted molar refractivity (Wildman–Crippen MR) is 157 cm³/mol. The summed E-state index contributed by atoms with van der Waals surface area (Å²) in [6.45, 7) is -0.642. The highest BCUT2D eigenvalue weighted by atomic mass is 16.6. The van der Waals surface area contributed by atoms with Crippen molar-refractivity contribution in [2.24, 2.45) is 0 Å². The molecule has 0 bridgehead atoms. The smallest absolute Gasteiger partial charge is 0.276 e. The first-order valence-corrected chi connectivity index (χ1v) is 14.1. The van der Waals surface area contributed by atoms with Crippen molar-refractivity contribution in [2.75, 3.05) is 6.61 Å². The molecule has 2 aliphatic rings. The molecule has 0 radical (unpaired) electrons. The molecule has 0 saturated carbocycles. The van der Waals surface area contributed by atoms with Gasteiger partial charge in [0, 0.05) is 33.7 Å². The van der Waals surface area contributed by atoms with Crippen LogP contribution in [0.5, 0.6) is 11.5 Å². The van der Waals surface area contributed by atoms with Crippen LogP contribution in [0.15, 0.2) is 59.2 Å². The highest BCUT2D eigenvalue weighted by Crippen LogP contribution is 2.47. The number of aliphatic hydroxyl groups is 4. The third-order valence-electron chi connectivity index (χ3n) is 8.70. The van der Waals surface area contributed by atoms with Gasteiger partial charge in [-0.1, -0.05) is 0 Å². The molecule has 3 aromatic heterocycles. The monoisotopic (exact) mass is 614 g/mol. The van der Waals surface area contributed by atoms with Crippen molar-refractivity contribution in [1.82, 2.24) is 20.0 Å². The van der Waals surface area contributed by atoms with Crippen molar-refractivity contribution in [3.8, 4) is 11.5 Å². The molecule has 8 rings (SSSR count). The van der Waals surface area contributed by atoms with Crippen molar-refractivity contribution in [3.63, 3.8) is 0 Å². The predicted octanol–water partition coefficient (Wildman–Crippen LogP) is 1.71. The number of benzene rings is 3. The molecule has 8 N–H and O–H groups in total. The number of amides is 2. The molecule has 2 amide bonds. The van der Waals surface area contributed by atoms with Crippen LogP contribution in [0.25, 0.3) is 43.6 Å². The fourth-order valence-corrected chi connectivity index (χ4v) is 6.69. The largest absolute Gasteiger partial charge is 0.508 e. The lowest BCUT2D eigenvalue weighted by molar-refractivity contribution is -0.249. The zero-order chi connectivity index (χ0) is 31.3. The van der Waals surface area contributed by atoms with E-state index in [0.717, 1.165) is 5.01 Å². The van der Waals surface area contributed by atoms with E-state index in [1.165, 1.54) is 35.1 Å². The number of hydrazine groups is 1. The Kier molecular flexibility index (Phi) is 5.99. The van der Waals surface area contributed by atoms with Crippen LogP contribution < -0.4 is 5.43 Å². The van der Waals surface area contributed by atoms with Gasteiger partial charge in [0.15, 0.2) is 6.23 Å². The zero-order valence-corrected chi connectivity index (χ0v) is 23.2. The molecule has 14 heteroatoms. The second-order valence-corrected chi connectivity index (χ2v) is 11.2. The van der Waals surface area contributed by atoms with Gasteiger partial charge in [-0.25, -0.2) is 10.4 Å². The molecular weight excluding hydrogens is 588 g/mol. The Labute approximate surface area is 251 Å². The van der Waals surface area contributed by atoms with Crippen molar-refractivity contribution < 1.29 is 49.4 Å². The maximum absolute atomic E-state index is 14.2. The number of furan rings is 1. The van der Waals surface area contributed by atoms with E-state index in [4.69, 9.17) is 9.15 Å². The minimum atomic E-state index is -1.72. The number of fused-ring (bicyclic) bond motifs is 10. The van der Waals surface area contributed by atoms with E-state index in [2.05, 4.69) is 10.4 Å². The van der Waals surface area contributed by atoms with E-state index in [9.17, 15) is 40.2 Å². The Bertz CT molecular complexity index is 2180. The summed E-state index contributed by atoms with van der Waals surface area (Å²) in [5, 5.41) is 65.7. The van der Waals surface area contributed by atoms with Gasteiger partial charge in [-0.05, 0) is 36.4 Å². The lowest BCUT2D eigenvalue weighted by atomic mass is 9.96. The van der Waals surface area contributed by atoms with Crippen LogP contribution in [0.1, 0.15) is 32.7 Å². The molecule has 6 aromatic rings. The lowest BCUT2D eigenvalue weighted by Gasteiger charge is -2.41. The van der Waals surface area contributed by atoms with E-state index in [-0.39, 0.29) is 40.2 Å². The van der Waals surface area contributed by atoms with Crippen LogP contribution in [-0.2, 0) is 11.3 Å². The van der Waals surface area contributed by atoms with E-state index < -0.39 is 49.1 Å². The molecule has 5 heterocycles. The molecule has 0 aliphatic carbocycles. The molecule has 45 heavy (non-hydrogen) atoms. The molecule has 0 spiro atoms. The zero-order valence-electron chi connectivity index (χ0n) is 23.2. The van der Waals surface area contributed by atoms with Gasteiger partial charge in [0.1, 0.15) is 41.7 Å². The van der Waals surface area contributed by atoms with Gasteiger partial charge >= 0.3 is 0 Å². The van der Waals surface area contributed by atoms with Gasteiger partial charge < -0.3 is 49.3 Å². The average Bonchev–Trinajstić information content (AvgIpc) is 3.79. The SMILES string of the molecule is O=C1c2c(c3c4ccc(O)cc4n([C@@H]4O[C@H](CO)[C@@H](O)[C@H](O)[C@H]4O)c3c3[nH]c4cc(O)ccc4c23)C(=O)N1NCc1ccco1. The van der Waals surface area contributed by atoms with Gasteiger partial charge in [0.05, 0.1) is 52.6 Å². The molecule has 3 aromatic carbocycles. The number of aromatic hydroxyl groups is 2. The van der Waals surface area contributed by atoms with E-state index >= 15 is 0 Å². The minimum Gasteiger partial charge on any atom is -0.508 e. The fourth-order valence-electron chi connectivity index (χ4n) is 6.69. The quantitative estimate of drug-likeness (QED) is 0.131. The Hall–Kier alpha value is -4.96. The van der Waals surface area contributed by atoms with Crippen molar-refractivity contribution >= 4 is 55.4 Å². The topological polar surface area (TPSA) is 214 Å². The Morgan fingerprint density at radius 2 is 1.58 bits per heavy atom. The molecule has 1 fully saturated rings. The number of rotatable bonds is 5. The molecule has 230 valence electrons. The average molecular weight is 615 g/mol. The van der Waals surface area contributed by atoms with Gasteiger partial charge in [-0.15, -0.1) is 0 Å². The Balaban J connectivity index is 1.49. The number of ether oxygens (including phenoxy) is 1. The first-order chi connectivity index (χ1) is 21.7.